The summed E-state index contributed by atoms with van der Waals surface area (Å²) in [7, 11) is 1.44. The molecule has 0 radical (unpaired) electrons. The van der Waals surface area contributed by atoms with Crippen molar-refractivity contribution in [3.05, 3.63) is 50.0 Å². The van der Waals surface area contributed by atoms with Gasteiger partial charge in [0.25, 0.3) is 11.6 Å². The largest absolute Gasteiger partial charge is 0.497 e. The van der Waals surface area contributed by atoms with Gasteiger partial charge in [0, 0.05) is 30.3 Å². The number of hydrogen-bond donors (Lipinski definition) is 1. The van der Waals surface area contributed by atoms with E-state index in [4.69, 9.17) is 4.74 Å². The fourth-order valence-electron chi connectivity index (χ4n) is 2.09. The number of nitrogens with one attached hydrogen (secondary N) is 1. The average molecular weight is 349 g/mol. The topological polar surface area (TPSA) is 94.4 Å². The van der Waals surface area contributed by atoms with Crippen molar-refractivity contribution in [2.45, 2.75) is 26.2 Å². The van der Waals surface area contributed by atoms with Gasteiger partial charge in [0.1, 0.15) is 11.3 Å². The quantitative estimate of drug-likeness (QED) is 0.612. The van der Waals surface area contributed by atoms with Crippen LogP contribution >= 0.6 is 11.3 Å². The van der Waals surface area contributed by atoms with Crippen molar-refractivity contribution in [2.24, 2.45) is 0 Å². The van der Waals surface area contributed by atoms with Gasteiger partial charge in [-0.15, -0.1) is 11.3 Å². The van der Waals surface area contributed by atoms with Crippen molar-refractivity contribution in [3.8, 4) is 5.75 Å². The minimum absolute atomic E-state index is 0.0134. The zero-order chi connectivity index (χ0) is 17.7. The number of methoxy groups -OCH3 is 1. The maximum atomic E-state index is 12.3. The molecule has 0 aliphatic carbocycles. The van der Waals surface area contributed by atoms with Gasteiger partial charge in [-0.3, -0.25) is 14.9 Å². The summed E-state index contributed by atoms with van der Waals surface area (Å²) in [5, 5.41) is 16.8. The number of carbonyl (C=O) groups is 1. The Labute approximate surface area is 143 Å². The van der Waals surface area contributed by atoms with Crippen LogP contribution in [-0.4, -0.2) is 29.5 Å². The number of aromatic nitrogens is 1. The predicted molar refractivity (Wildman–Crippen MR) is 91.9 cm³/mol. The summed E-state index contributed by atoms with van der Waals surface area (Å²) in [6, 6.07) is 4.09. The molecule has 0 unspecified atom stereocenters. The monoisotopic (exact) mass is 349 g/mol. The summed E-state index contributed by atoms with van der Waals surface area (Å²) >= 11 is 1.59. The molecule has 1 aromatic heterocycles. The van der Waals surface area contributed by atoms with Gasteiger partial charge in [-0.25, -0.2) is 4.98 Å². The molecule has 1 heterocycles. The van der Waals surface area contributed by atoms with E-state index in [9.17, 15) is 14.9 Å². The van der Waals surface area contributed by atoms with Crippen molar-refractivity contribution in [1.82, 2.24) is 10.3 Å². The Morgan fingerprint density at radius 1 is 1.46 bits per heavy atom. The highest BCUT2D eigenvalue weighted by Gasteiger charge is 2.20. The highest BCUT2D eigenvalue weighted by molar-refractivity contribution is 7.09. The number of carbonyl (C=O) groups excluding carboxylic acids is 1. The minimum atomic E-state index is -0.580. The van der Waals surface area contributed by atoms with E-state index in [0.717, 1.165) is 10.7 Å². The van der Waals surface area contributed by atoms with E-state index in [2.05, 4.69) is 24.1 Å². The molecule has 0 aliphatic rings. The second kappa shape index (κ2) is 7.87. The molecular formula is C16H19N3O4S. The molecule has 0 bridgehead atoms. The molecule has 0 fully saturated rings. The zero-order valence-corrected chi connectivity index (χ0v) is 14.6. The number of amides is 1. The van der Waals surface area contributed by atoms with Gasteiger partial charge in [-0.05, 0) is 12.1 Å². The Morgan fingerprint density at radius 3 is 2.79 bits per heavy atom. The van der Waals surface area contributed by atoms with Crippen LogP contribution in [0.1, 0.15) is 40.8 Å². The van der Waals surface area contributed by atoms with Crippen molar-refractivity contribution < 1.29 is 14.5 Å². The lowest BCUT2D eigenvalue weighted by atomic mass is 10.1. The summed E-state index contributed by atoms with van der Waals surface area (Å²) < 4.78 is 5.03. The minimum Gasteiger partial charge on any atom is -0.497 e. The smallest absolute Gasteiger partial charge is 0.282 e. The number of hydrogen-bond acceptors (Lipinski definition) is 6. The van der Waals surface area contributed by atoms with Crippen molar-refractivity contribution >= 4 is 22.9 Å². The first-order valence-corrected chi connectivity index (χ1v) is 8.35. The number of nitrogens with zero attached hydrogens (tertiary/aromatic N) is 2. The number of nitro groups is 1. The highest BCUT2D eigenvalue weighted by atomic mass is 32.1. The van der Waals surface area contributed by atoms with Crippen LogP contribution in [0.2, 0.25) is 0 Å². The van der Waals surface area contributed by atoms with Crippen LogP contribution in [0.4, 0.5) is 5.69 Å². The Balaban J connectivity index is 2.02. The normalized spacial score (nSPS) is 10.7. The van der Waals surface area contributed by atoms with Crippen molar-refractivity contribution in [2.75, 3.05) is 13.7 Å². The summed E-state index contributed by atoms with van der Waals surface area (Å²) in [5.41, 5.74) is 0.647. The standard InChI is InChI=1S/C16H19N3O4S/c1-10(2)16-18-11(9-24-16)6-7-17-15(20)13-8-12(23-3)4-5-14(13)19(21)22/h4-5,8-10H,6-7H2,1-3H3,(H,17,20). The first-order chi connectivity index (χ1) is 11.4. The van der Waals surface area contributed by atoms with E-state index in [0.29, 0.717) is 24.6 Å². The van der Waals surface area contributed by atoms with E-state index < -0.39 is 10.8 Å². The lowest BCUT2D eigenvalue weighted by Crippen LogP contribution is -2.26. The molecule has 0 atom stereocenters. The van der Waals surface area contributed by atoms with Crippen LogP contribution in [0.3, 0.4) is 0 Å². The first kappa shape index (κ1) is 17.9. The van der Waals surface area contributed by atoms with Gasteiger partial charge in [0.2, 0.25) is 0 Å². The van der Waals surface area contributed by atoms with Gasteiger partial charge in [-0.2, -0.15) is 0 Å². The molecule has 2 rings (SSSR count). The number of ether oxygens (including phenoxy) is 1. The Morgan fingerprint density at radius 2 is 2.21 bits per heavy atom. The molecular weight excluding hydrogens is 330 g/mol. The number of benzene rings is 1. The van der Waals surface area contributed by atoms with Gasteiger partial charge in [0.15, 0.2) is 0 Å². The summed E-state index contributed by atoms with van der Waals surface area (Å²) in [5.74, 6) is 0.268. The van der Waals surface area contributed by atoms with Crippen molar-refractivity contribution in [3.63, 3.8) is 0 Å². The van der Waals surface area contributed by atoms with Crippen LogP contribution in [0.25, 0.3) is 0 Å². The lowest BCUT2D eigenvalue weighted by Gasteiger charge is -2.07. The van der Waals surface area contributed by atoms with Gasteiger partial charge >= 0.3 is 0 Å². The molecule has 1 N–H and O–H groups in total. The van der Waals surface area contributed by atoms with E-state index in [-0.39, 0.29) is 11.3 Å². The van der Waals surface area contributed by atoms with Crippen LogP contribution in [-0.2, 0) is 6.42 Å². The maximum absolute atomic E-state index is 12.3. The van der Waals surface area contributed by atoms with Gasteiger partial charge < -0.3 is 10.1 Å². The fraction of sp³-hybridized carbons (Fsp3) is 0.375. The third-order valence-electron chi connectivity index (χ3n) is 3.38. The van der Waals surface area contributed by atoms with Gasteiger partial charge in [-0.1, -0.05) is 13.8 Å². The number of rotatable bonds is 7. The molecule has 0 spiro atoms. The molecule has 7 nitrogen and oxygen atoms in total. The lowest BCUT2D eigenvalue weighted by molar-refractivity contribution is -0.385. The first-order valence-electron chi connectivity index (χ1n) is 7.47. The fourth-order valence-corrected chi connectivity index (χ4v) is 2.95. The Bertz CT molecular complexity index is 743. The SMILES string of the molecule is COc1ccc([N+](=O)[O-])c(C(=O)NCCc2csc(C(C)C)n2)c1. The third kappa shape index (κ3) is 4.29. The highest BCUT2D eigenvalue weighted by Crippen LogP contribution is 2.24. The van der Waals surface area contributed by atoms with E-state index in [1.54, 1.807) is 11.3 Å². The summed E-state index contributed by atoms with van der Waals surface area (Å²) in [6.45, 7) is 4.51. The van der Waals surface area contributed by atoms with E-state index >= 15 is 0 Å². The summed E-state index contributed by atoms with van der Waals surface area (Å²) in [4.78, 5) is 27.2. The molecule has 8 heteroatoms. The van der Waals surface area contributed by atoms with Crippen LogP contribution < -0.4 is 10.1 Å². The maximum Gasteiger partial charge on any atom is 0.282 e. The molecule has 1 aromatic carbocycles. The average Bonchev–Trinajstić information content (AvgIpc) is 3.03. The summed E-state index contributed by atoms with van der Waals surface area (Å²) in [6.07, 6.45) is 0.576. The van der Waals surface area contributed by atoms with E-state index in [1.807, 2.05) is 5.38 Å². The molecule has 0 saturated heterocycles. The molecule has 0 aliphatic heterocycles. The second-order valence-electron chi connectivity index (χ2n) is 5.48. The molecule has 0 saturated carbocycles. The molecule has 2 aromatic rings. The zero-order valence-electron chi connectivity index (χ0n) is 13.7. The van der Waals surface area contributed by atoms with E-state index in [1.165, 1.54) is 25.3 Å². The predicted octanol–water partition coefficient (Wildman–Crippen LogP) is 3.16. The number of thiazole rings is 1. The third-order valence-corrected chi connectivity index (χ3v) is 4.57. The van der Waals surface area contributed by atoms with Crippen molar-refractivity contribution in [1.29, 1.82) is 0 Å². The van der Waals surface area contributed by atoms with Crippen LogP contribution in [0.5, 0.6) is 5.75 Å². The molecule has 128 valence electrons. The van der Waals surface area contributed by atoms with Crippen LogP contribution in [0.15, 0.2) is 23.6 Å². The molecule has 1 amide bonds. The second-order valence-corrected chi connectivity index (χ2v) is 6.37. The Kier molecular flexibility index (Phi) is 5.86. The Hall–Kier alpha value is -2.48. The van der Waals surface area contributed by atoms with Gasteiger partial charge in [0.05, 0.1) is 22.7 Å². The van der Waals surface area contributed by atoms with Crippen LogP contribution in [0, 0.1) is 10.1 Å². The number of nitro benzene ring substituents is 1. The molecule has 24 heavy (non-hydrogen) atoms.